The molecular formula is C14H19NO. The van der Waals surface area contributed by atoms with Crippen molar-refractivity contribution in [3.8, 4) is 5.75 Å². The lowest BCUT2D eigenvalue weighted by Crippen LogP contribution is -2.43. The molecular weight excluding hydrogens is 198 g/mol. The molecule has 2 heteroatoms. The van der Waals surface area contributed by atoms with Gasteiger partial charge in [0.25, 0.3) is 0 Å². The van der Waals surface area contributed by atoms with Crippen LogP contribution < -0.4 is 10.5 Å². The summed E-state index contributed by atoms with van der Waals surface area (Å²) in [6, 6.07) is 6.33. The van der Waals surface area contributed by atoms with Gasteiger partial charge in [-0.05, 0) is 42.4 Å². The standard InChI is InChI=1S/C14H19NO/c1-16-13-7-4-6-12-11(13)9-10-5-2-3-8-14(10,12)15/h4,6-7,10H,2-3,5,8-9,15H2,1H3/t10-,14+/m0/s1. The highest BCUT2D eigenvalue weighted by Crippen LogP contribution is 2.50. The van der Waals surface area contributed by atoms with Crippen molar-refractivity contribution >= 4 is 0 Å². The van der Waals surface area contributed by atoms with Crippen molar-refractivity contribution in [3.05, 3.63) is 29.3 Å². The fraction of sp³-hybridized carbons (Fsp3) is 0.571. The highest BCUT2D eigenvalue weighted by Gasteiger charge is 2.45. The van der Waals surface area contributed by atoms with E-state index in [1.165, 1.54) is 30.4 Å². The van der Waals surface area contributed by atoms with Gasteiger partial charge in [-0.2, -0.15) is 0 Å². The number of hydrogen-bond donors (Lipinski definition) is 1. The minimum Gasteiger partial charge on any atom is -0.496 e. The first-order chi connectivity index (χ1) is 7.75. The van der Waals surface area contributed by atoms with Gasteiger partial charge in [0.15, 0.2) is 0 Å². The Labute approximate surface area is 96.8 Å². The highest BCUT2D eigenvalue weighted by atomic mass is 16.5. The lowest BCUT2D eigenvalue weighted by Gasteiger charge is -2.36. The number of hydrogen-bond acceptors (Lipinski definition) is 2. The van der Waals surface area contributed by atoms with Crippen molar-refractivity contribution in [2.24, 2.45) is 11.7 Å². The zero-order valence-corrected chi connectivity index (χ0v) is 9.83. The average molecular weight is 217 g/mol. The summed E-state index contributed by atoms with van der Waals surface area (Å²) in [6.07, 6.45) is 6.12. The first-order valence-electron chi connectivity index (χ1n) is 6.21. The van der Waals surface area contributed by atoms with Gasteiger partial charge in [0.1, 0.15) is 5.75 Å². The van der Waals surface area contributed by atoms with Crippen LogP contribution in [0.3, 0.4) is 0 Å². The summed E-state index contributed by atoms with van der Waals surface area (Å²) >= 11 is 0. The van der Waals surface area contributed by atoms with E-state index in [1.807, 2.05) is 0 Å². The van der Waals surface area contributed by atoms with Crippen LogP contribution in [0.4, 0.5) is 0 Å². The molecule has 0 radical (unpaired) electrons. The lowest BCUT2D eigenvalue weighted by atomic mass is 9.73. The van der Waals surface area contributed by atoms with Crippen molar-refractivity contribution in [1.82, 2.24) is 0 Å². The van der Waals surface area contributed by atoms with Crippen LogP contribution >= 0.6 is 0 Å². The molecule has 1 saturated carbocycles. The Morgan fingerprint density at radius 2 is 2.25 bits per heavy atom. The minimum absolute atomic E-state index is 0.0673. The van der Waals surface area contributed by atoms with Crippen LogP contribution in [0.5, 0.6) is 5.75 Å². The molecule has 16 heavy (non-hydrogen) atoms. The molecule has 1 aromatic rings. The number of ether oxygens (including phenoxy) is 1. The monoisotopic (exact) mass is 217 g/mol. The molecule has 1 aromatic carbocycles. The van der Waals surface area contributed by atoms with Gasteiger partial charge in [-0.15, -0.1) is 0 Å². The maximum absolute atomic E-state index is 6.64. The smallest absolute Gasteiger partial charge is 0.122 e. The summed E-state index contributed by atoms with van der Waals surface area (Å²) in [6.45, 7) is 0. The summed E-state index contributed by atoms with van der Waals surface area (Å²) in [5.74, 6) is 1.66. The molecule has 2 atom stereocenters. The molecule has 0 bridgehead atoms. The minimum atomic E-state index is -0.0673. The first kappa shape index (κ1) is 10.2. The fourth-order valence-electron chi connectivity index (χ4n) is 3.56. The Morgan fingerprint density at radius 1 is 1.38 bits per heavy atom. The van der Waals surface area contributed by atoms with Crippen LogP contribution in [0.25, 0.3) is 0 Å². The number of nitrogens with two attached hydrogens (primary N) is 1. The van der Waals surface area contributed by atoms with Gasteiger partial charge in [0.2, 0.25) is 0 Å². The van der Waals surface area contributed by atoms with Crippen LogP contribution in [-0.2, 0) is 12.0 Å². The normalized spacial score (nSPS) is 32.0. The van der Waals surface area contributed by atoms with Crippen LogP contribution in [0, 0.1) is 5.92 Å². The first-order valence-corrected chi connectivity index (χ1v) is 6.21. The van der Waals surface area contributed by atoms with Crippen molar-refractivity contribution < 1.29 is 4.74 Å². The molecule has 0 amide bonds. The van der Waals surface area contributed by atoms with Crippen LogP contribution in [0.1, 0.15) is 36.8 Å². The lowest BCUT2D eigenvalue weighted by molar-refractivity contribution is 0.211. The van der Waals surface area contributed by atoms with E-state index in [0.29, 0.717) is 5.92 Å². The van der Waals surface area contributed by atoms with Gasteiger partial charge < -0.3 is 10.5 Å². The van der Waals surface area contributed by atoms with Gasteiger partial charge in [-0.25, -0.2) is 0 Å². The third kappa shape index (κ3) is 1.23. The average Bonchev–Trinajstić information content (AvgIpc) is 2.62. The third-order valence-electron chi connectivity index (χ3n) is 4.43. The topological polar surface area (TPSA) is 35.2 Å². The van der Waals surface area contributed by atoms with E-state index in [0.717, 1.165) is 18.6 Å². The second kappa shape index (κ2) is 3.49. The molecule has 86 valence electrons. The van der Waals surface area contributed by atoms with Gasteiger partial charge in [0, 0.05) is 5.54 Å². The zero-order chi connectivity index (χ0) is 11.2. The molecule has 1 fully saturated rings. The molecule has 0 saturated heterocycles. The number of benzene rings is 1. The number of fused-ring (bicyclic) bond motifs is 3. The summed E-state index contributed by atoms with van der Waals surface area (Å²) in [5, 5.41) is 0. The van der Waals surface area contributed by atoms with E-state index in [9.17, 15) is 0 Å². The van der Waals surface area contributed by atoms with Gasteiger partial charge in [-0.3, -0.25) is 0 Å². The zero-order valence-electron chi connectivity index (χ0n) is 9.83. The fourth-order valence-corrected chi connectivity index (χ4v) is 3.56. The summed E-state index contributed by atoms with van der Waals surface area (Å²) in [5.41, 5.74) is 9.28. The number of methoxy groups -OCH3 is 1. The van der Waals surface area contributed by atoms with E-state index in [1.54, 1.807) is 7.11 Å². The second-order valence-electron chi connectivity index (χ2n) is 5.17. The van der Waals surface area contributed by atoms with Gasteiger partial charge >= 0.3 is 0 Å². The second-order valence-corrected chi connectivity index (χ2v) is 5.17. The summed E-state index contributed by atoms with van der Waals surface area (Å²) in [7, 11) is 1.75. The van der Waals surface area contributed by atoms with E-state index in [4.69, 9.17) is 10.5 Å². The number of rotatable bonds is 1. The Hall–Kier alpha value is -1.02. The third-order valence-corrected chi connectivity index (χ3v) is 4.43. The van der Waals surface area contributed by atoms with Gasteiger partial charge in [-0.1, -0.05) is 25.0 Å². The quantitative estimate of drug-likeness (QED) is 0.784. The molecule has 0 spiro atoms. The van der Waals surface area contributed by atoms with Crippen molar-refractivity contribution in [2.45, 2.75) is 37.6 Å². The molecule has 0 heterocycles. The van der Waals surface area contributed by atoms with Crippen LogP contribution in [0.15, 0.2) is 18.2 Å². The van der Waals surface area contributed by atoms with Crippen molar-refractivity contribution in [2.75, 3.05) is 7.11 Å². The van der Waals surface area contributed by atoms with Crippen LogP contribution in [-0.4, -0.2) is 7.11 Å². The molecule has 2 N–H and O–H groups in total. The molecule has 0 aliphatic heterocycles. The SMILES string of the molecule is COc1cccc2c1C[C@@H]1CCCC[C@]21N. The predicted molar refractivity (Wildman–Crippen MR) is 64.5 cm³/mol. The van der Waals surface area contributed by atoms with Crippen LogP contribution in [0.2, 0.25) is 0 Å². The Balaban J connectivity index is 2.11. The Bertz CT molecular complexity index is 415. The summed E-state index contributed by atoms with van der Waals surface area (Å²) in [4.78, 5) is 0. The molecule has 0 aromatic heterocycles. The molecule has 3 rings (SSSR count). The molecule has 2 nitrogen and oxygen atoms in total. The molecule has 2 aliphatic carbocycles. The van der Waals surface area contributed by atoms with Gasteiger partial charge in [0.05, 0.1) is 7.11 Å². The maximum Gasteiger partial charge on any atom is 0.122 e. The van der Waals surface area contributed by atoms with Crippen molar-refractivity contribution in [3.63, 3.8) is 0 Å². The molecule has 0 unspecified atom stereocenters. The largest absolute Gasteiger partial charge is 0.496 e. The maximum atomic E-state index is 6.64. The van der Waals surface area contributed by atoms with Crippen molar-refractivity contribution in [1.29, 1.82) is 0 Å². The van der Waals surface area contributed by atoms with E-state index >= 15 is 0 Å². The van der Waals surface area contributed by atoms with E-state index in [2.05, 4.69) is 18.2 Å². The van der Waals surface area contributed by atoms with E-state index in [-0.39, 0.29) is 5.54 Å². The predicted octanol–water partition coefficient (Wildman–Crippen LogP) is 2.60. The molecule has 2 aliphatic rings. The Morgan fingerprint density at radius 3 is 3.06 bits per heavy atom. The summed E-state index contributed by atoms with van der Waals surface area (Å²) < 4.78 is 5.45. The van der Waals surface area contributed by atoms with E-state index < -0.39 is 0 Å². The Kier molecular flexibility index (Phi) is 2.21. The highest BCUT2D eigenvalue weighted by molar-refractivity contribution is 5.48.